The average Bonchev–Trinajstić information content (AvgIpc) is 2.61. The van der Waals surface area contributed by atoms with E-state index in [4.69, 9.17) is 24.5 Å². The predicted molar refractivity (Wildman–Crippen MR) is 87.2 cm³/mol. The van der Waals surface area contributed by atoms with E-state index in [1.54, 1.807) is 0 Å². The number of benzene rings is 1. The second-order valence-corrected chi connectivity index (χ2v) is 5.44. The smallest absolute Gasteiger partial charge is 0.416 e. The number of morpholine rings is 1. The van der Waals surface area contributed by atoms with Crippen molar-refractivity contribution in [1.29, 1.82) is 0 Å². The summed E-state index contributed by atoms with van der Waals surface area (Å²) in [7, 11) is 0. The molecule has 0 radical (unpaired) electrons. The summed E-state index contributed by atoms with van der Waals surface area (Å²) in [6, 6.07) is 4.64. The molecule has 1 amide bonds. The molecule has 1 fully saturated rings. The molecule has 0 spiro atoms. The summed E-state index contributed by atoms with van der Waals surface area (Å²) >= 11 is 0. The zero-order chi connectivity index (χ0) is 20.4. The van der Waals surface area contributed by atoms with Crippen LogP contribution in [0.25, 0.3) is 0 Å². The van der Waals surface area contributed by atoms with Crippen LogP contribution in [0, 0.1) is 0 Å². The third-order valence-corrected chi connectivity index (χ3v) is 3.42. The van der Waals surface area contributed by atoms with E-state index in [0.717, 1.165) is 25.2 Å². The van der Waals surface area contributed by atoms with Crippen LogP contribution in [0.15, 0.2) is 24.3 Å². The molecule has 0 aliphatic carbocycles. The highest BCUT2D eigenvalue weighted by Gasteiger charge is 2.30. The Hall–Kier alpha value is -2.66. The Balaban J connectivity index is 0.000000527. The Labute approximate surface area is 152 Å². The van der Waals surface area contributed by atoms with Crippen LogP contribution in [0.5, 0.6) is 0 Å². The number of hydrogen-bond acceptors (Lipinski definition) is 5. The highest BCUT2D eigenvalue weighted by atomic mass is 19.4. The van der Waals surface area contributed by atoms with E-state index in [-0.39, 0.29) is 18.0 Å². The highest BCUT2D eigenvalue weighted by Crippen LogP contribution is 2.30. The van der Waals surface area contributed by atoms with E-state index < -0.39 is 23.7 Å². The van der Waals surface area contributed by atoms with Crippen LogP contribution >= 0.6 is 0 Å². The lowest BCUT2D eigenvalue weighted by Crippen LogP contribution is -2.38. The lowest BCUT2D eigenvalue weighted by molar-refractivity contribution is -0.159. The molecule has 1 aromatic carbocycles. The SMILES string of the molecule is O=C(CCN1CCOCC1)Nc1cccc(C(F)(F)F)c1.O=C(O)C(=O)O. The van der Waals surface area contributed by atoms with Crippen molar-refractivity contribution in [3.63, 3.8) is 0 Å². The van der Waals surface area contributed by atoms with Gasteiger partial charge in [0, 0.05) is 31.7 Å². The molecular formula is C16H19F3N2O6. The van der Waals surface area contributed by atoms with Crippen molar-refractivity contribution in [1.82, 2.24) is 4.90 Å². The summed E-state index contributed by atoms with van der Waals surface area (Å²) in [6.07, 6.45) is -4.16. The van der Waals surface area contributed by atoms with Crippen molar-refractivity contribution >= 4 is 23.5 Å². The molecule has 1 saturated heterocycles. The summed E-state index contributed by atoms with van der Waals surface area (Å²) in [4.78, 5) is 32.1. The number of ether oxygens (including phenoxy) is 1. The highest BCUT2D eigenvalue weighted by molar-refractivity contribution is 6.27. The van der Waals surface area contributed by atoms with Crippen molar-refractivity contribution in [2.75, 3.05) is 38.2 Å². The van der Waals surface area contributed by atoms with Gasteiger partial charge in [-0.3, -0.25) is 9.69 Å². The number of carbonyl (C=O) groups excluding carboxylic acids is 1. The Bertz CT molecular complexity index is 648. The molecule has 2 rings (SSSR count). The van der Waals surface area contributed by atoms with Crippen molar-refractivity contribution in [3.8, 4) is 0 Å². The standard InChI is InChI=1S/C14H17F3N2O2.C2H2O4/c15-14(16,17)11-2-1-3-12(10-11)18-13(20)4-5-19-6-8-21-9-7-19;3-1(4)2(5)6/h1-3,10H,4-9H2,(H,18,20);(H,3,4)(H,5,6). The van der Waals surface area contributed by atoms with Gasteiger partial charge in [0.25, 0.3) is 0 Å². The number of carboxylic acid groups (broad SMARTS) is 2. The number of nitrogens with one attached hydrogen (secondary N) is 1. The van der Waals surface area contributed by atoms with Crippen LogP contribution < -0.4 is 5.32 Å². The Kier molecular flexibility index (Phi) is 8.69. The first-order valence-electron chi connectivity index (χ1n) is 7.83. The van der Waals surface area contributed by atoms with E-state index in [2.05, 4.69) is 10.2 Å². The number of carboxylic acids is 2. The quantitative estimate of drug-likeness (QED) is 0.666. The molecule has 11 heteroatoms. The van der Waals surface area contributed by atoms with Gasteiger partial charge in [-0.1, -0.05) is 6.07 Å². The first kappa shape index (κ1) is 22.4. The Morgan fingerprint density at radius 2 is 1.70 bits per heavy atom. The van der Waals surface area contributed by atoms with Gasteiger partial charge >= 0.3 is 18.1 Å². The summed E-state index contributed by atoms with van der Waals surface area (Å²) < 4.78 is 42.9. The lowest BCUT2D eigenvalue weighted by Gasteiger charge is -2.26. The van der Waals surface area contributed by atoms with Crippen molar-refractivity contribution in [2.24, 2.45) is 0 Å². The Morgan fingerprint density at radius 3 is 2.22 bits per heavy atom. The molecule has 0 bridgehead atoms. The first-order chi connectivity index (χ1) is 12.6. The second kappa shape index (κ2) is 10.5. The number of nitrogens with zero attached hydrogens (tertiary/aromatic N) is 1. The van der Waals surface area contributed by atoms with Gasteiger partial charge < -0.3 is 20.3 Å². The monoisotopic (exact) mass is 392 g/mol. The zero-order valence-electron chi connectivity index (χ0n) is 14.2. The van der Waals surface area contributed by atoms with E-state index in [1.165, 1.54) is 12.1 Å². The summed E-state index contributed by atoms with van der Waals surface area (Å²) in [6.45, 7) is 3.42. The molecule has 8 nitrogen and oxygen atoms in total. The molecule has 0 aromatic heterocycles. The normalized spacial score (nSPS) is 14.6. The number of hydrogen-bond donors (Lipinski definition) is 3. The predicted octanol–water partition coefficient (Wildman–Crippen LogP) is 1.52. The first-order valence-corrected chi connectivity index (χ1v) is 7.83. The number of alkyl halides is 3. The third-order valence-electron chi connectivity index (χ3n) is 3.42. The van der Waals surface area contributed by atoms with Crippen LogP contribution in [0.3, 0.4) is 0 Å². The van der Waals surface area contributed by atoms with Gasteiger partial charge in [0.2, 0.25) is 5.91 Å². The molecule has 1 heterocycles. The fourth-order valence-electron chi connectivity index (χ4n) is 2.08. The number of rotatable bonds is 4. The molecule has 1 aliphatic rings. The number of carbonyl (C=O) groups is 3. The van der Waals surface area contributed by atoms with E-state index in [0.29, 0.717) is 19.8 Å². The zero-order valence-corrected chi connectivity index (χ0v) is 14.2. The number of halogens is 3. The fourth-order valence-corrected chi connectivity index (χ4v) is 2.08. The molecule has 27 heavy (non-hydrogen) atoms. The minimum absolute atomic E-state index is 0.164. The van der Waals surface area contributed by atoms with Crippen molar-refractivity contribution in [3.05, 3.63) is 29.8 Å². The maximum Gasteiger partial charge on any atom is 0.416 e. The van der Waals surface area contributed by atoms with Crippen LogP contribution in [-0.4, -0.2) is 65.8 Å². The van der Waals surface area contributed by atoms with E-state index in [9.17, 15) is 18.0 Å². The minimum atomic E-state index is -4.41. The second-order valence-electron chi connectivity index (χ2n) is 5.44. The maximum atomic E-state index is 12.6. The molecule has 0 saturated carbocycles. The van der Waals surface area contributed by atoms with E-state index >= 15 is 0 Å². The third kappa shape index (κ3) is 9.01. The molecule has 1 aromatic rings. The van der Waals surface area contributed by atoms with Gasteiger partial charge in [-0.25, -0.2) is 9.59 Å². The van der Waals surface area contributed by atoms with Gasteiger partial charge in [-0.05, 0) is 18.2 Å². The molecule has 3 N–H and O–H groups in total. The van der Waals surface area contributed by atoms with Gasteiger partial charge in [-0.2, -0.15) is 13.2 Å². The molecule has 0 atom stereocenters. The van der Waals surface area contributed by atoms with Gasteiger partial charge in [0.15, 0.2) is 0 Å². The van der Waals surface area contributed by atoms with Crippen LogP contribution in [-0.2, 0) is 25.3 Å². The van der Waals surface area contributed by atoms with Gasteiger partial charge in [-0.15, -0.1) is 0 Å². The molecular weight excluding hydrogens is 373 g/mol. The number of anilines is 1. The molecule has 150 valence electrons. The van der Waals surface area contributed by atoms with Crippen LogP contribution in [0.1, 0.15) is 12.0 Å². The summed E-state index contributed by atoms with van der Waals surface area (Å²) in [5.74, 6) is -3.94. The number of amides is 1. The largest absolute Gasteiger partial charge is 0.473 e. The molecule has 0 unspecified atom stereocenters. The van der Waals surface area contributed by atoms with E-state index in [1.807, 2.05) is 0 Å². The fraction of sp³-hybridized carbons (Fsp3) is 0.438. The summed E-state index contributed by atoms with van der Waals surface area (Å²) in [5.41, 5.74) is -0.606. The summed E-state index contributed by atoms with van der Waals surface area (Å²) in [5, 5.41) is 17.3. The van der Waals surface area contributed by atoms with Crippen molar-refractivity contribution < 1.29 is 42.5 Å². The van der Waals surface area contributed by atoms with Gasteiger partial charge in [0.1, 0.15) is 0 Å². The molecule has 1 aliphatic heterocycles. The van der Waals surface area contributed by atoms with Crippen LogP contribution in [0.2, 0.25) is 0 Å². The lowest BCUT2D eigenvalue weighted by atomic mass is 10.2. The Morgan fingerprint density at radius 1 is 1.11 bits per heavy atom. The topological polar surface area (TPSA) is 116 Å². The van der Waals surface area contributed by atoms with Crippen LogP contribution in [0.4, 0.5) is 18.9 Å². The average molecular weight is 392 g/mol. The number of aliphatic carboxylic acids is 2. The maximum absolute atomic E-state index is 12.6. The van der Waals surface area contributed by atoms with Crippen molar-refractivity contribution in [2.45, 2.75) is 12.6 Å². The van der Waals surface area contributed by atoms with Gasteiger partial charge in [0.05, 0.1) is 18.8 Å². The minimum Gasteiger partial charge on any atom is -0.473 e.